The van der Waals surface area contributed by atoms with Crippen molar-refractivity contribution in [3.8, 4) is 0 Å². The molecule has 0 spiro atoms. The Kier molecular flexibility index (Phi) is 5.92. The molecule has 5 N–H and O–H groups in total. The molecule has 0 aromatic carbocycles. The molecular formula is C10H15N3O5S2. The minimum atomic E-state index is -3.56. The zero-order chi connectivity index (χ0) is 15.2. The van der Waals surface area contributed by atoms with Crippen molar-refractivity contribution < 1.29 is 23.1 Å². The van der Waals surface area contributed by atoms with E-state index >= 15 is 0 Å². The van der Waals surface area contributed by atoms with Crippen LogP contribution in [0.4, 0.5) is 4.79 Å². The van der Waals surface area contributed by atoms with Crippen molar-refractivity contribution in [1.82, 2.24) is 10.6 Å². The predicted molar refractivity (Wildman–Crippen MR) is 73.8 cm³/mol. The maximum absolute atomic E-state index is 11.5. The topological polar surface area (TPSA) is 139 Å². The fourth-order valence-corrected chi connectivity index (χ4v) is 2.68. The lowest BCUT2D eigenvalue weighted by molar-refractivity contribution is -0.139. The Morgan fingerprint density at radius 2 is 2.15 bits per heavy atom. The van der Waals surface area contributed by atoms with Gasteiger partial charge >= 0.3 is 12.0 Å². The van der Waals surface area contributed by atoms with E-state index in [9.17, 15) is 18.0 Å². The quantitative estimate of drug-likeness (QED) is 0.517. The second kappa shape index (κ2) is 7.22. The lowest BCUT2D eigenvalue weighted by Gasteiger charge is -2.13. The summed E-state index contributed by atoms with van der Waals surface area (Å²) < 4.78 is 21.3. The largest absolute Gasteiger partial charge is 0.479 e. The number of hydrogen-bond acceptors (Lipinski definition) is 5. The van der Waals surface area contributed by atoms with Gasteiger partial charge in [-0.3, -0.25) is 0 Å². The van der Waals surface area contributed by atoms with Crippen LogP contribution in [0, 0.1) is 0 Å². The monoisotopic (exact) mass is 321 g/mol. The number of aliphatic carboxylic acids is 1. The highest BCUT2D eigenvalue weighted by Crippen LogP contribution is 2.18. The predicted octanol–water partition coefficient (Wildman–Crippen LogP) is -0.148. The molecule has 0 radical (unpaired) electrons. The number of carboxylic acid groups (broad SMARTS) is 1. The average Bonchev–Trinajstić information content (AvgIpc) is 2.83. The average molecular weight is 321 g/mol. The summed E-state index contributed by atoms with van der Waals surface area (Å²) in [5.74, 6) is -1.42. The highest BCUT2D eigenvalue weighted by Gasteiger charge is 2.22. The van der Waals surface area contributed by atoms with Crippen LogP contribution < -0.4 is 15.8 Å². The number of amides is 2. The molecule has 20 heavy (non-hydrogen) atoms. The summed E-state index contributed by atoms with van der Waals surface area (Å²) in [7, 11) is -3.56. The van der Waals surface area contributed by atoms with Gasteiger partial charge in [-0.15, -0.1) is 11.3 Å². The third kappa shape index (κ3) is 5.99. The molecule has 112 valence electrons. The molecule has 0 fully saturated rings. The fourth-order valence-electron chi connectivity index (χ4n) is 1.37. The Labute approximate surface area is 120 Å². The molecule has 0 bridgehead atoms. The lowest BCUT2D eigenvalue weighted by Crippen LogP contribution is -2.41. The number of hydrogen-bond donors (Lipinski definition) is 4. The zero-order valence-corrected chi connectivity index (χ0v) is 12.0. The summed E-state index contributed by atoms with van der Waals surface area (Å²) in [6.07, 6.45) is 0.156. The van der Waals surface area contributed by atoms with Crippen LogP contribution in [0.15, 0.2) is 17.5 Å². The number of thiophene rings is 1. The molecule has 2 amide bonds. The van der Waals surface area contributed by atoms with E-state index in [1.165, 1.54) is 11.3 Å². The molecule has 0 aliphatic heterocycles. The maximum atomic E-state index is 11.5. The van der Waals surface area contributed by atoms with Crippen LogP contribution in [0.25, 0.3) is 0 Å². The van der Waals surface area contributed by atoms with Gasteiger partial charge in [-0.1, -0.05) is 6.07 Å². The van der Waals surface area contributed by atoms with Gasteiger partial charge in [0.15, 0.2) is 6.04 Å². The summed E-state index contributed by atoms with van der Waals surface area (Å²) in [6.45, 7) is 0.0824. The molecule has 8 nitrogen and oxygen atoms in total. The van der Waals surface area contributed by atoms with Crippen molar-refractivity contribution in [3.05, 3.63) is 22.4 Å². The second-order valence-corrected chi connectivity index (χ2v) is 6.62. The normalized spacial score (nSPS) is 12.7. The van der Waals surface area contributed by atoms with Gasteiger partial charge in [0.25, 0.3) is 0 Å². The standard InChI is InChI=1S/C10H15N3O5S2/c11-20(17,18)6-2-4-12-10(16)13-8(9(14)15)7-3-1-5-19-7/h1,3,5,8H,2,4,6H2,(H,14,15)(H2,11,17,18)(H2,12,13,16). The SMILES string of the molecule is NS(=O)(=O)CCCNC(=O)NC(C(=O)O)c1cccs1. The van der Waals surface area contributed by atoms with Gasteiger partial charge in [0, 0.05) is 11.4 Å². The van der Waals surface area contributed by atoms with Crippen LogP contribution in [0.3, 0.4) is 0 Å². The maximum Gasteiger partial charge on any atom is 0.331 e. The van der Waals surface area contributed by atoms with Gasteiger partial charge in [-0.25, -0.2) is 23.1 Å². The molecule has 0 aliphatic rings. The minimum absolute atomic E-state index is 0.0824. The van der Waals surface area contributed by atoms with Gasteiger partial charge in [-0.05, 0) is 17.9 Å². The second-order valence-electron chi connectivity index (χ2n) is 3.91. The Hall–Kier alpha value is -1.65. The first-order valence-corrected chi connectivity index (χ1v) is 8.20. The fraction of sp³-hybridized carbons (Fsp3) is 0.400. The number of sulfonamides is 1. The van der Waals surface area contributed by atoms with Crippen molar-refractivity contribution in [3.63, 3.8) is 0 Å². The molecular weight excluding hydrogens is 306 g/mol. The van der Waals surface area contributed by atoms with Crippen LogP contribution in [0.2, 0.25) is 0 Å². The van der Waals surface area contributed by atoms with Crippen molar-refractivity contribution in [2.75, 3.05) is 12.3 Å². The highest BCUT2D eigenvalue weighted by atomic mass is 32.2. The molecule has 0 saturated heterocycles. The number of rotatable bonds is 7. The van der Waals surface area contributed by atoms with Gasteiger partial charge in [0.1, 0.15) is 0 Å². The Morgan fingerprint density at radius 1 is 1.45 bits per heavy atom. The highest BCUT2D eigenvalue weighted by molar-refractivity contribution is 7.89. The third-order valence-electron chi connectivity index (χ3n) is 2.24. The first-order valence-electron chi connectivity index (χ1n) is 5.60. The molecule has 1 heterocycles. The summed E-state index contributed by atoms with van der Waals surface area (Å²) >= 11 is 1.21. The molecule has 1 aromatic rings. The van der Waals surface area contributed by atoms with Gasteiger partial charge < -0.3 is 15.7 Å². The van der Waals surface area contributed by atoms with Crippen molar-refractivity contribution in [2.45, 2.75) is 12.5 Å². The van der Waals surface area contributed by atoms with E-state index in [4.69, 9.17) is 10.2 Å². The summed E-state index contributed by atoms with van der Waals surface area (Å²) in [4.78, 5) is 23.1. The van der Waals surface area contributed by atoms with E-state index in [1.54, 1.807) is 17.5 Å². The van der Waals surface area contributed by atoms with E-state index in [1.807, 2.05) is 0 Å². The molecule has 0 saturated carbocycles. The van der Waals surface area contributed by atoms with Gasteiger partial charge in [0.05, 0.1) is 5.75 Å². The number of nitrogens with two attached hydrogens (primary N) is 1. The lowest BCUT2D eigenvalue weighted by atomic mass is 10.2. The smallest absolute Gasteiger partial charge is 0.331 e. The minimum Gasteiger partial charge on any atom is -0.479 e. The number of carbonyl (C=O) groups excluding carboxylic acids is 1. The zero-order valence-electron chi connectivity index (χ0n) is 10.4. The summed E-state index contributed by atoms with van der Waals surface area (Å²) in [5.41, 5.74) is 0. The molecule has 1 unspecified atom stereocenters. The van der Waals surface area contributed by atoms with Gasteiger partial charge in [-0.2, -0.15) is 0 Å². The number of carboxylic acids is 1. The van der Waals surface area contributed by atoms with E-state index < -0.39 is 28.1 Å². The first-order chi connectivity index (χ1) is 9.29. The summed E-state index contributed by atoms with van der Waals surface area (Å²) in [6, 6.07) is 1.47. The van der Waals surface area contributed by atoms with E-state index in [0.717, 1.165) is 0 Å². The van der Waals surface area contributed by atoms with Crippen LogP contribution >= 0.6 is 11.3 Å². The number of urea groups is 1. The van der Waals surface area contributed by atoms with Crippen molar-refractivity contribution in [1.29, 1.82) is 0 Å². The molecule has 1 rings (SSSR count). The summed E-state index contributed by atoms with van der Waals surface area (Å²) in [5, 5.41) is 20.2. The molecule has 10 heteroatoms. The Morgan fingerprint density at radius 3 is 2.65 bits per heavy atom. The Balaban J connectivity index is 2.42. The molecule has 1 aromatic heterocycles. The van der Waals surface area contributed by atoms with Crippen LogP contribution in [-0.2, 0) is 14.8 Å². The van der Waals surface area contributed by atoms with E-state index in [-0.39, 0.29) is 18.7 Å². The number of carbonyl (C=O) groups is 2. The number of nitrogens with one attached hydrogen (secondary N) is 2. The van der Waals surface area contributed by atoms with Crippen LogP contribution in [0.1, 0.15) is 17.3 Å². The van der Waals surface area contributed by atoms with Crippen LogP contribution in [-0.4, -0.2) is 37.8 Å². The van der Waals surface area contributed by atoms with E-state index in [2.05, 4.69) is 10.6 Å². The third-order valence-corrected chi connectivity index (χ3v) is 4.04. The Bertz CT molecular complexity index is 555. The number of primary sulfonamides is 1. The van der Waals surface area contributed by atoms with Gasteiger partial charge in [0.2, 0.25) is 10.0 Å². The van der Waals surface area contributed by atoms with E-state index in [0.29, 0.717) is 4.88 Å². The first kappa shape index (κ1) is 16.4. The molecule has 0 aliphatic carbocycles. The van der Waals surface area contributed by atoms with Crippen molar-refractivity contribution in [2.24, 2.45) is 5.14 Å². The van der Waals surface area contributed by atoms with Crippen LogP contribution in [0.5, 0.6) is 0 Å². The van der Waals surface area contributed by atoms with Crippen molar-refractivity contribution >= 4 is 33.4 Å². The molecule has 1 atom stereocenters.